The SMILES string of the molecule is C.COCC(=O)NCCC=O. The fraction of sp³-hybridized carbons (Fsp3) is 0.714. The number of nitrogens with one attached hydrogen (secondary N) is 1. The molecule has 4 heteroatoms. The minimum Gasteiger partial charge on any atom is -0.375 e. The minimum atomic E-state index is -0.190. The summed E-state index contributed by atoms with van der Waals surface area (Å²) < 4.78 is 4.53. The fourth-order valence-electron chi connectivity index (χ4n) is 0.453. The van der Waals surface area contributed by atoms with Crippen molar-refractivity contribution in [2.24, 2.45) is 0 Å². The van der Waals surface area contributed by atoms with E-state index in [1.165, 1.54) is 7.11 Å². The van der Waals surface area contributed by atoms with Crippen LogP contribution in [0, 0.1) is 0 Å². The normalized spacial score (nSPS) is 8.09. The molecule has 1 N–H and O–H groups in total. The standard InChI is InChI=1S/C6H11NO3.CH4/c1-10-5-6(9)7-3-2-4-8;/h4H,2-3,5H2,1H3,(H,7,9);1H4. The van der Waals surface area contributed by atoms with E-state index in [4.69, 9.17) is 0 Å². The van der Waals surface area contributed by atoms with Crippen LogP contribution in [0.25, 0.3) is 0 Å². The third kappa shape index (κ3) is 9.10. The average molecular weight is 161 g/mol. The summed E-state index contributed by atoms with van der Waals surface area (Å²) in [4.78, 5) is 20.3. The molecule has 1 amide bonds. The Morgan fingerprint density at radius 2 is 2.27 bits per heavy atom. The number of hydrogen-bond acceptors (Lipinski definition) is 3. The van der Waals surface area contributed by atoms with Gasteiger partial charge in [0.05, 0.1) is 0 Å². The van der Waals surface area contributed by atoms with E-state index in [2.05, 4.69) is 10.1 Å². The van der Waals surface area contributed by atoms with Gasteiger partial charge in [-0.25, -0.2) is 0 Å². The van der Waals surface area contributed by atoms with Crippen LogP contribution in [0.2, 0.25) is 0 Å². The number of rotatable bonds is 5. The number of carbonyl (C=O) groups is 2. The molecule has 0 fully saturated rings. The van der Waals surface area contributed by atoms with E-state index in [0.717, 1.165) is 6.29 Å². The quantitative estimate of drug-likeness (QED) is 0.455. The van der Waals surface area contributed by atoms with Crippen LogP contribution in [0.15, 0.2) is 0 Å². The molecule has 0 aliphatic rings. The van der Waals surface area contributed by atoms with Gasteiger partial charge in [0.1, 0.15) is 12.9 Å². The topological polar surface area (TPSA) is 55.4 Å². The van der Waals surface area contributed by atoms with E-state index in [0.29, 0.717) is 13.0 Å². The first-order chi connectivity index (χ1) is 4.81. The summed E-state index contributed by atoms with van der Waals surface area (Å²) in [7, 11) is 1.44. The van der Waals surface area contributed by atoms with Crippen LogP contribution in [0.1, 0.15) is 13.8 Å². The van der Waals surface area contributed by atoms with E-state index in [9.17, 15) is 9.59 Å². The molecule has 0 saturated heterocycles. The maximum absolute atomic E-state index is 10.6. The lowest BCUT2D eigenvalue weighted by molar-refractivity contribution is -0.124. The van der Waals surface area contributed by atoms with Crippen molar-refractivity contribution in [1.29, 1.82) is 0 Å². The molecule has 0 atom stereocenters. The first-order valence-electron chi connectivity index (χ1n) is 3.00. The molecular formula is C7H15NO3. The van der Waals surface area contributed by atoms with Crippen molar-refractivity contribution in [3.05, 3.63) is 0 Å². The van der Waals surface area contributed by atoms with E-state index >= 15 is 0 Å². The van der Waals surface area contributed by atoms with Crippen molar-refractivity contribution in [3.63, 3.8) is 0 Å². The van der Waals surface area contributed by atoms with E-state index in [1.807, 2.05) is 0 Å². The van der Waals surface area contributed by atoms with Crippen LogP contribution in [-0.4, -0.2) is 32.5 Å². The maximum Gasteiger partial charge on any atom is 0.245 e. The Labute approximate surface area is 66.9 Å². The molecular weight excluding hydrogens is 146 g/mol. The lowest BCUT2D eigenvalue weighted by atomic mass is 10.4. The molecule has 0 aromatic carbocycles. The zero-order valence-electron chi connectivity index (χ0n) is 5.92. The number of methoxy groups -OCH3 is 1. The number of carbonyl (C=O) groups excluding carboxylic acids is 2. The van der Waals surface area contributed by atoms with Crippen LogP contribution in [-0.2, 0) is 14.3 Å². The summed E-state index contributed by atoms with van der Waals surface area (Å²) in [5, 5.41) is 2.49. The Bertz CT molecular complexity index is 114. The maximum atomic E-state index is 10.6. The van der Waals surface area contributed by atoms with Gasteiger partial charge in [-0.3, -0.25) is 4.79 Å². The third-order valence-electron chi connectivity index (χ3n) is 0.860. The summed E-state index contributed by atoms with van der Waals surface area (Å²) in [5.41, 5.74) is 0. The molecule has 0 radical (unpaired) electrons. The molecule has 0 heterocycles. The molecule has 0 aliphatic carbocycles. The van der Waals surface area contributed by atoms with Crippen LogP contribution >= 0.6 is 0 Å². The molecule has 11 heavy (non-hydrogen) atoms. The van der Waals surface area contributed by atoms with Crippen LogP contribution in [0.5, 0.6) is 0 Å². The molecule has 0 spiro atoms. The highest BCUT2D eigenvalue weighted by Gasteiger charge is 1.96. The molecule has 66 valence electrons. The molecule has 0 bridgehead atoms. The monoisotopic (exact) mass is 161 g/mol. The molecule has 0 aliphatic heterocycles. The van der Waals surface area contributed by atoms with Crippen molar-refractivity contribution in [1.82, 2.24) is 5.32 Å². The van der Waals surface area contributed by atoms with Gasteiger partial charge in [-0.15, -0.1) is 0 Å². The fourth-order valence-corrected chi connectivity index (χ4v) is 0.453. The van der Waals surface area contributed by atoms with Gasteiger partial charge in [-0.05, 0) is 0 Å². The van der Waals surface area contributed by atoms with Gasteiger partial charge < -0.3 is 14.8 Å². The van der Waals surface area contributed by atoms with Crippen molar-refractivity contribution >= 4 is 12.2 Å². The highest BCUT2D eigenvalue weighted by Crippen LogP contribution is 1.70. The molecule has 0 unspecified atom stereocenters. The predicted molar refractivity (Wildman–Crippen MR) is 42.3 cm³/mol. The first kappa shape index (κ1) is 12.7. The third-order valence-corrected chi connectivity index (χ3v) is 0.860. The zero-order chi connectivity index (χ0) is 7.82. The van der Waals surface area contributed by atoms with Gasteiger partial charge in [0, 0.05) is 20.1 Å². The lowest BCUT2D eigenvalue weighted by Gasteiger charge is -1.99. The highest BCUT2D eigenvalue weighted by atomic mass is 16.5. The van der Waals surface area contributed by atoms with Gasteiger partial charge in [0.25, 0.3) is 0 Å². The Hall–Kier alpha value is -0.900. The van der Waals surface area contributed by atoms with Crippen molar-refractivity contribution in [2.75, 3.05) is 20.3 Å². The molecule has 0 rings (SSSR count). The second-order valence-corrected chi connectivity index (χ2v) is 1.74. The summed E-state index contributed by atoms with van der Waals surface area (Å²) in [5.74, 6) is -0.190. The zero-order valence-corrected chi connectivity index (χ0v) is 5.92. The van der Waals surface area contributed by atoms with E-state index in [-0.39, 0.29) is 19.9 Å². The van der Waals surface area contributed by atoms with Crippen LogP contribution in [0.3, 0.4) is 0 Å². The van der Waals surface area contributed by atoms with Crippen LogP contribution in [0.4, 0.5) is 0 Å². The van der Waals surface area contributed by atoms with Crippen molar-refractivity contribution < 1.29 is 14.3 Å². The van der Waals surface area contributed by atoms with Gasteiger partial charge in [-0.2, -0.15) is 0 Å². The number of hydrogen-bond donors (Lipinski definition) is 1. The number of ether oxygens (including phenoxy) is 1. The minimum absolute atomic E-state index is 0. The van der Waals surface area contributed by atoms with Gasteiger partial charge in [0.15, 0.2) is 0 Å². The summed E-state index contributed by atoms with van der Waals surface area (Å²) >= 11 is 0. The lowest BCUT2D eigenvalue weighted by Crippen LogP contribution is -2.28. The van der Waals surface area contributed by atoms with Gasteiger partial charge >= 0.3 is 0 Å². The summed E-state index contributed by atoms with van der Waals surface area (Å²) in [6.07, 6.45) is 1.11. The smallest absolute Gasteiger partial charge is 0.245 e. The molecule has 0 aromatic rings. The highest BCUT2D eigenvalue weighted by molar-refractivity contribution is 5.77. The summed E-state index contributed by atoms with van der Waals surface area (Å²) in [6.45, 7) is 0.449. The predicted octanol–water partition coefficient (Wildman–Crippen LogP) is -0.0259. The number of amides is 1. The Kier molecular flexibility index (Phi) is 10.5. The second kappa shape index (κ2) is 9.10. The van der Waals surface area contributed by atoms with E-state index < -0.39 is 0 Å². The summed E-state index contributed by atoms with van der Waals surface area (Å²) in [6, 6.07) is 0. The Balaban J connectivity index is 0. The Morgan fingerprint density at radius 3 is 2.73 bits per heavy atom. The van der Waals surface area contributed by atoms with Crippen molar-refractivity contribution in [3.8, 4) is 0 Å². The average Bonchev–Trinajstić information content (AvgIpc) is 1.89. The second-order valence-electron chi connectivity index (χ2n) is 1.74. The molecule has 0 aromatic heterocycles. The molecule has 0 saturated carbocycles. The molecule has 4 nitrogen and oxygen atoms in total. The van der Waals surface area contributed by atoms with E-state index in [1.54, 1.807) is 0 Å². The van der Waals surface area contributed by atoms with Gasteiger partial charge in [-0.1, -0.05) is 7.43 Å². The van der Waals surface area contributed by atoms with Crippen LogP contribution < -0.4 is 5.32 Å². The Morgan fingerprint density at radius 1 is 1.64 bits per heavy atom. The number of aldehydes is 1. The first-order valence-corrected chi connectivity index (χ1v) is 3.00. The largest absolute Gasteiger partial charge is 0.375 e. The van der Waals surface area contributed by atoms with Crippen molar-refractivity contribution in [2.45, 2.75) is 13.8 Å². The van der Waals surface area contributed by atoms with Gasteiger partial charge in [0.2, 0.25) is 5.91 Å².